The summed E-state index contributed by atoms with van der Waals surface area (Å²) in [5, 5.41) is 3.03. The lowest BCUT2D eigenvalue weighted by Gasteiger charge is -2.16. The van der Waals surface area contributed by atoms with Gasteiger partial charge in [-0.1, -0.05) is 13.8 Å². The van der Waals surface area contributed by atoms with E-state index in [4.69, 9.17) is 0 Å². The molecule has 4 heteroatoms. The van der Waals surface area contributed by atoms with E-state index in [0.29, 0.717) is 24.9 Å². The van der Waals surface area contributed by atoms with Crippen LogP contribution in [-0.4, -0.2) is 18.4 Å². The van der Waals surface area contributed by atoms with Crippen LogP contribution in [0.15, 0.2) is 18.2 Å². The van der Waals surface area contributed by atoms with E-state index in [1.54, 1.807) is 6.92 Å². The van der Waals surface area contributed by atoms with Crippen molar-refractivity contribution < 1.29 is 13.6 Å². The number of carbonyl (C=O) groups is 1. The first-order valence-corrected chi connectivity index (χ1v) is 5.77. The van der Waals surface area contributed by atoms with Gasteiger partial charge >= 0.3 is 0 Å². The van der Waals surface area contributed by atoms with Crippen molar-refractivity contribution in [3.63, 3.8) is 0 Å². The number of rotatable bonds is 6. The first-order valence-electron chi connectivity index (χ1n) is 5.77. The van der Waals surface area contributed by atoms with Crippen LogP contribution in [0.5, 0.6) is 0 Å². The highest BCUT2D eigenvalue weighted by atomic mass is 19.1. The highest BCUT2D eigenvalue weighted by Gasteiger charge is 2.16. The molecule has 1 rings (SSSR count). The topological polar surface area (TPSA) is 29.1 Å². The van der Waals surface area contributed by atoms with Crippen LogP contribution in [0.3, 0.4) is 0 Å². The SMILES string of the molecule is CCNC(Cc1cc(F)cc(F)c1)C(=O)CC. The van der Waals surface area contributed by atoms with E-state index in [1.165, 1.54) is 12.1 Å². The van der Waals surface area contributed by atoms with Gasteiger partial charge in [0.2, 0.25) is 0 Å². The molecule has 0 aliphatic heterocycles. The Bertz CT molecular complexity index is 373. The zero-order chi connectivity index (χ0) is 12.8. The fourth-order valence-electron chi connectivity index (χ4n) is 1.76. The van der Waals surface area contributed by atoms with Crippen LogP contribution in [0.25, 0.3) is 0 Å². The Morgan fingerprint density at radius 1 is 1.24 bits per heavy atom. The number of hydrogen-bond donors (Lipinski definition) is 1. The zero-order valence-corrected chi connectivity index (χ0v) is 10.1. The summed E-state index contributed by atoms with van der Waals surface area (Å²) in [6.45, 7) is 4.31. The molecule has 0 radical (unpaired) electrons. The highest BCUT2D eigenvalue weighted by molar-refractivity contribution is 5.84. The number of carbonyl (C=O) groups excluding carboxylic acids is 1. The molecule has 0 saturated heterocycles. The predicted molar refractivity (Wildman–Crippen MR) is 62.8 cm³/mol. The molecule has 0 spiro atoms. The average Bonchev–Trinajstić information content (AvgIpc) is 2.26. The van der Waals surface area contributed by atoms with Crippen molar-refractivity contribution in [3.05, 3.63) is 35.4 Å². The van der Waals surface area contributed by atoms with Crippen molar-refractivity contribution >= 4 is 5.78 Å². The summed E-state index contributed by atoms with van der Waals surface area (Å²) in [5.74, 6) is -1.17. The van der Waals surface area contributed by atoms with E-state index in [-0.39, 0.29) is 11.8 Å². The molecular formula is C13H17F2NO. The largest absolute Gasteiger partial charge is 0.307 e. The molecule has 0 aromatic heterocycles. The molecule has 0 aliphatic rings. The van der Waals surface area contributed by atoms with Gasteiger partial charge in [-0.3, -0.25) is 4.79 Å². The average molecular weight is 241 g/mol. The van der Waals surface area contributed by atoms with Gasteiger partial charge in [0, 0.05) is 12.5 Å². The van der Waals surface area contributed by atoms with Gasteiger partial charge in [-0.05, 0) is 30.7 Å². The van der Waals surface area contributed by atoms with Gasteiger partial charge in [0.15, 0.2) is 0 Å². The van der Waals surface area contributed by atoms with Gasteiger partial charge in [-0.2, -0.15) is 0 Å². The third kappa shape index (κ3) is 4.23. The summed E-state index contributed by atoms with van der Waals surface area (Å²) in [7, 11) is 0. The summed E-state index contributed by atoms with van der Waals surface area (Å²) in [6.07, 6.45) is 0.727. The second kappa shape index (κ2) is 6.45. The number of ketones is 1. The molecule has 0 aliphatic carbocycles. The summed E-state index contributed by atoms with van der Waals surface area (Å²) < 4.78 is 26.0. The van der Waals surface area contributed by atoms with E-state index >= 15 is 0 Å². The minimum Gasteiger partial charge on any atom is -0.307 e. The lowest BCUT2D eigenvalue weighted by Crippen LogP contribution is -2.38. The molecular weight excluding hydrogens is 224 g/mol. The molecule has 0 saturated carbocycles. The Kier molecular flexibility index (Phi) is 5.22. The quantitative estimate of drug-likeness (QED) is 0.829. The Hall–Kier alpha value is -1.29. The maximum atomic E-state index is 13.0. The third-order valence-corrected chi connectivity index (χ3v) is 2.55. The van der Waals surface area contributed by atoms with Crippen LogP contribution >= 0.6 is 0 Å². The number of benzene rings is 1. The molecule has 1 atom stereocenters. The Morgan fingerprint density at radius 3 is 2.29 bits per heavy atom. The molecule has 17 heavy (non-hydrogen) atoms. The van der Waals surface area contributed by atoms with E-state index in [9.17, 15) is 13.6 Å². The minimum absolute atomic E-state index is 0.0523. The van der Waals surface area contributed by atoms with E-state index < -0.39 is 11.6 Å². The van der Waals surface area contributed by atoms with Gasteiger partial charge in [0.25, 0.3) is 0 Å². The van der Waals surface area contributed by atoms with Crippen LogP contribution in [0, 0.1) is 11.6 Å². The van der Waals surface area contributed by atoms with Gasteiger partial charge in [0.05, 0.1) is 6.04 Å². The Morgan fingerprint density at radius 2 is 1.82 bits per heavy atom. The van der Waals surface area contributed by atoms with Crippen molar-refractivity contribution in [2.75, 3.05) is 6.54 Å². The lowest BCUT2D eigenvalue weighted by atomic mass is 10.0. The minimum atomic E-state index is -0.612. The normalized spacial score (nSPS) is 12.5. The Labute approximate surface area is 100 Å². The van der Waals surface area contributed by atoms with Crippen molar-refractivity contribution in [1.29, 1.82) is 0 Å². The van der Waals surface area contributed by atoms with Crippen LogP contribution in [0.2, 0.25) is 0 Å². The smallest absolute Gasteiger partial charge is 0.149 e. The molecule has 0 amide bonds. The molecule has 2 nitrogen and oxygen atoms in total. The monoisotopic (exact) mass is 241 g/mol. The lowest BCUT2D eigenvalue weighted by molar-refractivity contribution is -0.120. The fourth-order valence-corrected chi connectivity index (χ4v) is 1.76. The van der Waals surface area contributed by atoms with Crippen molar-refractivity contribution in [1.82, 2.24) is 5.32 Å². The molecule has 0 fully saturated rings. The number of Topliss-reactive ketones (excluding diaryl/α,β-unsaturated/α-hetero) is 1. The van der Waals surface area contributed by atoms with Gasteiger partial charge in [0.1, 0.15) is 17.4 Å². The number of hydrogen-bond acceptors (Lipinski definition) is 2. The van der Waals surface area contributed by atoms with Crippen molar-refractivity contribution in [2.45, 2.75) is 32.7 Å². The molecule has 1 unspecified atom stereocenters. The highest BCUT2D eigenvalue weighted by Crippen LogP contribution is 2.11. The number of likely N-dealkylation sites (N-methyl/N-ethyl adjacent to an activating group) is 1. The second-order valence-corrected chi connectivity index (χ2v) is 3.91. The predicted octanol–water partition coefficient (Wildman–Crippen LogP) is 2.46. The Balaban J connectivity index is 2.81. The number of nitrogens with one attached hydrogen (secondary N) is 1. The summed E-state index contributed by atoms with van der Waals surface area (Å²) in [4.78, 5) is 11.6. The van der Waals surface area contributed by atoms with E-state index in [2.05, 4.69) is 5.32 Å². The van der Waals surface area contributed by atoms with Crippen LogP contribution in [-0.2, 0) is 11.2 Å². The zero-order valence-electron chi connectivity index (χ0n) is 10.1. The first kappa shape index (κ1) is 13.8. The second-order valence-electron chi connectivity index (χ2n) is 3.91. The summed E-state index contributed by atoms with van der Waals surface area (Å²) in [6, 6.07) is 2.98. The molecule has 0 heterocycles. The third-order valence-electron chi connectivity index (χ3n) is 2.55. The standard InChI is InChI=1S/C13H17F2NO/c1-3-13(17)12(16-4-2)7-9-5-10(14)8-11(15)6-9/h5-6,8,12,16H,3-4,7H2,1-2H3. The fraction of sp³-hybridized carbons (Fsp3) is 0.462. The van der Waals surface area contributed by atoms with E-state index in [1.807, 2.05) is 6.92 Å². The number of halogens is 2. The van der Waals surface area contributed by atoms with Gasteiger partial charge in [-0.25, -0.2) is 8.78 Å². The molecule has 0 bridgehead atoms. The van der Waals surface area contributed by atoms with Crippen molar-refractivity contribution in [2.24, 2.45) is 0 Å². The summed E-state index contributed by atoms with van der Waals surface area (Å²) >= 11 is 0. The molecule has 94 valence electrons. The van der Waals surface area contributed by atoms with Gasteiger partial charge < -0.3 is 5.32 Å². The van der Waals surface area contributed by atoms with Crippen molar-refractivity contribution in [3.8, 4) is 0 Å². The molecule has 1 N–H and O–H groups in total. The molecule has 1 aromatic carbocycles. The summed E-state index contributed by atoms with van der Waals surface area (Å²) in [5.41, 5.74) is 0.496. The maximum absolute atomic E-state index is 13.0. The van der Waals surface area contributed by atoms with Crippen LogP contribution in [0.1, 0.15) is 25.8 Å². The van der Waals surface area contributed by atoms with Crippen LogP contribution < -0.4 is 5.32 Å². The maximum Gasteiger partial charge on any atom is 0.149 e. The van der Waals surface area contributed by atoms with Crippen LogP contribution in [0.4, 0.5) is 8.78 Å². The molecule has 1 aromatic rings. The first-order chi connectivity index (χ1) is 8.06. The van der Waals surface area contributed by atoms with E-state index in [0.717, 1.165) is 6.07 Å². The van der Waals surface area contributed by atoms with Gasteiger partial charge in [-0.15, -0.1) is 0 Å².